The zero-order valence-corrected chi connectivity index (χ0v) is 11.1. The molecule has 0 unspecified atom stereocenters. The quantitative estimate of drug-likeness (QED) is 0.883. The van der Waals surface area contributed by atoms with Crippen LogP contribution in [0.4, 0.5) is 0 Å². The second-order valence-corrected chi connectivity index (χ2v) is 4.88. The number of halogens is 1. The number of hydrogen-bond acceptors (Lipinski definition) is 4. The number of hydrogen-bond donors (Lipinski definition) is 1. The number of nitrogens with zero attached hydrogens (tertiary/aromatic N) is 1. The van der Waals surface area contributed by atoms with Crippen LogP contribution in [0.2, 0.25) is 0 Å². The second kappa shape index (κ2) is 5.79. The van der Waals surface area contributed by atoms with Gasteiger partial charge >= 0.3 is 0 Å². The predicted octanol–water partition coefficient (Wildman–Crippen LogP) is 2.83. The average molecular weight is 313 g/mol. The lowest BCUT2D eigenvalue weighted by Crippen LogP contribution is -2.19. The molecule has 0 saturated carbocycles. The molecule has 4 nitrogen and oxygen atoms in total. The Bertz CT molecular complexity index is 519. The summed E-state index contributed by atoms with van der Waals surface area (Å²) in [5.41, 5.74) is 0. The van der Waals surface area contributed by atoms with Gasteiger partial charge in [0.05, 0.1) is 6.54 Å². The van der Waals surface area contributed by atoms with Crippen LogP contribution in [0.25, 0.3) is 6.08 Å². The van der Waals surface area contributed by atoms with Gasteiger partial charge in [-0.25, -0.2) is 4.98 Å². The van der Waals surface area contributed by atoms with Gasteiger partial charge in [0.15, 0.2) is 4.67 Å². The largest absolute Gasteiger partial charge is 0.450 e. The number of rotatable bonds is 4. The van der Waals surface area contributed by atoms with Crippen LogP contribution in [-0.4, -0.2) is 10.9 Å². The highest BCUT2D eigenvalue weighted by Crippen LogP contribution is 2.14. The van der Waals surface area contributed by atoms with Gasteiger partial charge < -0.3 is 9.73 Å². The van der Waals surface area contributed by atoms with Gasteiger partial charge in [0, 0.05) is 17.7 Å². The van der Waals surface area contributed by atoms with Crippen molar-refractivity contribution in [2.75, 3.05) is 0 Å². The molecule has 2 aromatic heterocycles. The summed E-state index contributed by atoms with van der Waals surface area (Å²) < 4.78 is 5.86. The highest BCUT2D eigenvalue weighted by atomic mass is 79.9. The SMILES string of the molecule is O=C(/C=C/c1ccc(Br)o1)NCc1nccs1. The molecule has 0 fully saturated rings. The Labute approximate surface area is 110 Å². The highest BCUT2D eigenvalue weighted by Gasteiger charge is 1.99. The molecule has 6 heteroatoms. The Morgan fingerprint density at radius 2 is 2.47 bits per heavy atom. The smallest absolute Gasteiger partial charge is 0.244 e. The molecule has 0 radical (unpaired) electrons. The van der Waals surface area contributed by atoms with Crippen molar-refractivity contribution in [3.63, 3.8) is 0 Å². The summed E-state index contributed by atoms with van der Waals surface area (Å²) in [6.07, 6.45) is 4.75. The number of thiazole rings is 1. The molecular formula is C11H9BrN2O2S. The fraction of sp³-hybridized carbons (Fsp3) is 0.0909. The predicted molar refractivity (Wildman–Crippen MR) is 69.4 cm³/mol. The lowest BCUT2D eigenvalue weighted by molar-refractivity contribution is -0.116. The van der Waals surface area contributed by atoms with Crippen molar-refractivity contribution in [2.24, 2.45) is 0 Å². The summed E-state index contributed by atoms with van der Waals surface area (Å²) in [5, 5.41) is 5.49. The maximum absolute atomic E-state index is 11.4. The molecule has 2 heterocycles. The van der Waals surface area contributed by atoms with Gasteiger partial charge in [0.2, 0.25) is 5.91 Å². The molecule has 0 bridgehead atoms. The van der Waals surface area contributed by atoms with E-state index < -0.39 is 0 Å². The summed E-state index contributed by atoms with van der Waals surface area (Å²) in [6.45, 7) is 0.447. The lowest BCUT2D eigenvalue weighted by atomic mass is 10.4. The Hall–Kier alpha value is -1.40. The van der Waals surface area contributed by atoms with Gasteiger partial charge in [-0.3, -0.25) is 4.79 Å². The molecule has 17 heavy (non-hydrogen) atoms. The highest BCUT2D eigenvalue weighted by molar-refractivity contribution is 9.10. The summed E-state index contributed by atoms with van der Waals surface area (Å²) in [7, 11) is 0. The Kier molecular flexibility index (Phi) is 4.11. The molecule has 0 aliphatic carbocycles. The fourth-order valence-electron chi connectivity index (χ4n) is 1.14. The van der Waals surface area contributed by atoms with Crippen LogP contribution in [0.5, 0.6) is 0 Å². The van der Waals surface area contributed by atoms with Crippen molar-refractivity contribution in [2.45, 2.75) is 6.54 Å². The molecule has 0 aromatic carbocycles. The van der Waals surface area contributed by atoms with Crippen LogP contribution in [0.3, 0.4) is 0 Å². The molecule has 1 N–H and O–H groups in total. The fourth-order valence-corrected chi connectivity index (χ4v) is 2.01. The van der Waals surface area contributed by atoms with E-state index in [0.717, 1.165) is 5.01 Å². The zero-order valence-electron chi connectivity index (χ0n) is 8.72. The molecule has 88 valence electrons. The van der Waals surface area contributed by atoms with Crippen LogP contribution in [0.15, 0.2) is 38.9 Å². The minimum atomic E-state index is -0.173. The van der Waals surface area contributed by atoms with E-state index in [1.165, 1.54) is 17.4 Å². The van der Waals surface area contributed by atoms with E-state index in [0.29, 0.717) is 17.0 Å². The summed E-state index contributed by atoms with van der Waals surface area (Å²) in [5.74, 6) is 0.453. The second-order valence-electron chi connectivity index (χ2n) is 3.12. The van der Waals surface area contributed by atoms with E-state index in [9.17, 15) is 4.79 Å². The molecule has 2 rings (SSSR count). The standard InChI is InChI=1S/C11H9BrN2O2S/c12-9-3-1-8(16-9)2-4-10(15)14-7-11-13-5-6-17-11/h1-6H,7H2,(H,14,15)/b4-2+. The van der Waals surface area contributed by atoms with Crippen LogP contribution >= 0.6 is 27.3 Å². The van der Waals surface area contributed by atoms with Gasteiger partial charge in [-0.15, -0.1) is 11.3 Å². The first-order valence-electron chi connectivity index (χ1n) is 4.83. The molecular weight excluding hydrogens is 304 g/mol. The normalized spacial score (nSPS) is 10.9. The van der Waals surface area contributed by atoms with E-state index in [4.69, 9.17) is 4.42 Å². The Morgan fingerprint density at radius 1 is 1.59 bits per heavy atom. The molecule has 0 saturated heterocycles. The van der Waals surface area contributed by atoms with Crippen molar-refractivity contribution >= 4 is 39.2 Å². The monoisotopic (exact) mass is 312 g/mol. The first kappa shape index (κ1) is 12.1. The lowest BCUT2D eigenvalue weighted by Gasteiger charge is -1.97. The van der Waals surface area contributed by atoms with E-state index in [1.807, 2.05) is 5.38 Å². The first-order chi connectivity index (χ1) is 8.24. The van der Waals surface area contributed by atoms with E-state index in [2.05, 4.69) is 26.2 Å². The van der Waals surface area contributed by atoms with Crippen LogP contribution in [0.1, 0.15) is 10.8 Å². The van der Waals surface area contributed by atoms with Gasteiger partial charge in [0.1, 0.15) is 10.8 Å². The minimum absolute atomic E-state index is 0.173. The molecule has 0 atom stereocenters. The van der Waals surface area contributed by atoms with Gasteiger partial charge in [-0.1, -0.05) is 0 Å². The number of furan rings is 1. The number of aromatic nitrogens is 1. The van der Waals surface area contributed by atoms with Crippen molar-refractivity contribution < 1.29 is 9.21 Å². The van der Waals surface area contributed by atoms with Gasteiger partial charge in [-0.05, 0) is 34.1 Å². The number of carbonyl (C=O) groups excluding carboxylic acids is 1. The van der Waals surface area contributed by atoms with E-state index in [1.54, 1.807) is 24.4 Å². The van der Waals surface area contributed by atoms with E-state index >= 15 is 0 Å². The topological polar surface area (TPSA) is 55.1 Å². The van der Waals surface area contributed by atoms with Crippen LogP contribution in [-0.2, 0) is 11.3 Å². The van der Waals surface area contributed by atoms with Crippen molar-refractivity contribution in [1.82, 2.24) is 10.3 Å². The van der Waals surface area contributed by atoms with Gasteiger partial charge in [-0.2, -0.15) is 0 Å². The number of nitrogens with one attached hydrogen (secondary N) is 1. The summed E-state index contributed by atoms with van der Waals surface area (Å²) in [6, 6.07) is 3.54. The molecule has 0 aliphatic rings. The average Bonchev–Trinajstić information content (AvgIpc) is 2.95. The van der Waals surface area contributed by atoms with Crippen molar-refractivity contribution in [1.29, 1.82) is 0 Å². The molecule has 0 spiro atoms. The zero-order chi connectivity index (χ0) is 12.1. The third kappa shape index (κ3) is 3.83. The Balaban J connectivity index is 1.83. The molecule has 0 aliphatic heterocycles. The minimum Gasteiger partial charge on any atom is -0.450 e. The molecule has 1 amide bonds. The maximum Gasteiger partial charge on any atom is 0.244 e. The molecule has 2 aromatic rings. The third-order valence-corrected chi connectivity index (χ3v) is 3.10. The summed E-state index contributed by atoms with van der Waals surface area (Å²) >= 11 is 4.70. The van der Waals surface area contributed by atoms with Crippen molar-refractivity contribution in [3.05, 3.63) is 45.2 Å². The first-order valence-corrected chi connectivity index (χ1v) is 6.51. The van der Waals surface area contributed by atoms with Crippen LogP contribution < -0.4 is 5.32 Å². The third-order valence-electron chi connectivity index (χ3n) is 1.89. The van der Waals surface area contributed by atoms with Crippen LogP contribution in [0, 0.1) is 0 Å². The maximum atomic E-state index is 11.4. The Morgan fingerprint density at radius 3 is 3.12 bits per heavy atom. The number of amides is 1. The number of carbonyl (C=O) groups is 1. The van der Waals surface area contributed by atoms with Gasteiger partial charge in [0.25, 0.3) is 0 Å². The summed E-state index contributed by atoms with van der Waals surface area (Å²) in [4.78, 5) is 15.5. The van der Waals surface area contributed by atoms with E-state index in [-0.39, 0.29) is 5.91 Å². The van der Waals surface area contributed by atoms with Crippen molar-refractivity contribution in [3.8, 4) is 0 Å².